The van der Waals surface area contributed by atoms with Gasteiger partial charge in [0.1, 0.15) is 0 Å². The highest BCUT2D eigenvalue weighted by molar-refractivity contribution is 7.89. The lowest BCUT2D eigenvalue weighted by molar-refractivity contribution is 0.0746. The molecule has 4 rings (SSSR count). The molecule has 0 saturated carbocycles. The van der Waals surface area contributed by atoms with E-state index >= 15 is 0 Å². The first kappa shape index (κ1) is 24.6. The van der Waals surface area contributed by atoms with Crippen molar-refractivity contribution >= 4 is 42.6 Å². The molecule has 1 fully saturated rings. The van der Waals surface area contributed by atoms with Crippen LogP contribution in [0.4, 0.5) is 5.13 Å². The molecule has 0 spiro atoms. The van der Waals surface area contributed by atoms with Crippen LogP contribution >= 0.6 is 11.3 Å². The van der Waals surface area contributed by atoms with E-state index in [9.17, 15) is 13.2 Å². The van der Waals surface area contributed by atoms with E-state index < -0.39 is 10.0 Å². The maximum Gasteiger partial charge on any atom is 0.253 e. The Labute approximate surface area is 206 Å². The second kappa shape index (κ2) is 9.64. The van der Waals surface area contributed by atoms with Crippen molar-refractivity contribution in [2.24, 2.45) is 0 Å². The summed E-state index contributed by atoms with van der Waals surface area (Å²) in [5, 5.41) is 0.999. The van der Waals surface area contributed by atoms with Crippen LogP contribution in [0.1, 0.15) is 49.5 Å². The Morgan fingerprint density at radius 1 is 1.00 bits per heavy atom. The second-order valence-electron chi connectivity index (χ2n) is 9.26. The fraction of sp³-hybridized carbons (Fsp3) is 0.440. The van der Waals surface area contributed by atoms with Gasteiger partial charge in [-0.25, -0.2) is 13.4 Å². The van der Waals surface area contributed by atoms with E-state index in [0.717, 1.165) is 10.6 Å². The van der Waals surface area contributed by atoms with Crippen molar-refractivity contribution < 1.29 is 13.2 Å². The Morgan fingerprint density at radius 2 is 1.65 bits per heavy atom. The number of para-hydroxylation sites is 1. The maximum absolute atomic E-state index is 13.0. The van der Waals surface area contributed by atoms with Gasteiger partial charge in [-0.2, -0.15) is 4.31 Å². The van der Waals surface area contributed by atoms with Gasteiger partial charge in [-0.05, 0) is 55.7 Å². The third-order valence-corrected chi connectivity index (χ3v) is 9.53. The third-order valence-electron chi connectivity index (χ3n) is 6.40. The van der Waals surface area contributed by atoms with Gasteiger partial charge in [0.25, 0.3) is 5.91 Å². The highest BCUT2D eigenvalue weighted by atomic mass is 32.2. The van der Waals surface area contributed by atoms with Gasteiger partial charge in [0.15, 0.2) is 5.13 Å². The van der Waals surface area contributed by atoms with Crippen LogP contribution in [-0.4, -0.2) is 67.8 Å². The summed E-state index contributed by atoms with van der Waals surface area (Å²) < 4.78 is 27.9. The van der Waals surface area contributed by atoms with Crippen molar-refractivity contribution in [1.82, 2.24) is 14.2 Å². The number of piperazine rings is 1. The minimum absolute atomic E-state index is 0.0767. The molecule has 0 aliphatic carbocycles. The molecule has 0 unspecified atom stereocenters. The van der Waals surface area contributed by atoms with Gasteiger partial charge < -0.3 is 9.80 Å². The summed E-state index contributed by atoms with van der Waals surface area (Å²) in [7, 11) is -2.00. The van der Waals surface area contributed by atoms with E-state index in [0.29, 0.717) is 37.7 Å². The second-order valence-corrected chi connectivity index (χ2v) is 12.3. The van der Waals surface area contributed by atoms with Crippen molar-refractivity contribution in [2.75, 3.05) is 38.1 Å². The van der Waals surface area contributed by atoms with E-state index in [-0.39, 0.29) is 16.8 Å². The molecule has 0 atom stereocenters. The highest BCUT2D eigenvalue weighted by Gasteiger charge is 2.26. The number of carbonyl (C=O) groups is 1. The lowest BCUT2D eigenvalue weighted by atomic mass is 10.0. The molecule has 1 aromatic heterocycles. The summed E-state index contributed by atoms with van der Waals surface area (Å²) in [5.41, 5.74) is 2.84. The van der Waals surface area contributed by atoms with Gasteiger partial charge in [-0.15, -0.1) is 0 Å². The molecule has 3 aromatic rings. The van der Waals surface area contributed by atoms with Gasteiger partial charge in [0.05, 0.1) is 15.1 Å². The number of hydrogen-bond acceptors (Lipinski definition) is 6. The Bertz CT molecular complexity index is 1280. The molecule has 1 aliphatic rings. The van der Waals surface area contributed by atoms with Crippen LogP contribution in [0.15, 0.2) is 47.4 Å². The first-order chi connectivity index (χ1) is 16.1. The number of anilines is 1. The average molecular weight is 501 g/mol. The van der Waals surface area contributed by atoms with Crippen LogP contribution in [0.25, 0.3) is 10.2 Å². The molecule has 2 aromatic carbocycles. The Hall–Kier alpha value is -2.49. The minimum Gasteiger partial charge on any atom is -0.345 e. The normalized spacial score (nSPS) is 15.2. The number of rotatable bonds is 6. The smallest absolute Gasteiger partial charge is 0.253 e. The summed E-state index contributed by atoms with van der Waals surface area (Å²) in [6, 6.07) is 12.5. The number of nitrogens with zero attached hydrogens (tertiary/aromatic N) is 4. The monoisotopic (exact) mass is 500 g/mol. The molecule has 182 valence electrons. The molecular weight excluding hydrogens is 468 g/mol. The summed E-state index contributed by atoms with van der Waals surface area (Å²) >= 11 is 1.70. The van der Waals surface area contributed by atoms with Gasteiger partial charge in [0, 0.05) is 44.8 Å². The van der Waals surface area contributed by atoms with Crippen LogP contribution in [0.5, 0.6) is 0 Å². The summed E-state index contributed by atoms with van der Waals surface area (Å²) in [6.45, 7) is 10.6. The zero-order valence-electron chi connectivity index (χ0n) is 20.4. The molecule has 0 bridgehead atoms. The number of fused-ring (bicyclic) bond motifs is 1. The topological polar surface area (TPSA) is 73.8 Å². The van der Waals surface area contributed by atoms with Crippen LogP contribution < -0.4 is 4.90 Å². The van der Waals surface area contributed by atoms with Crippen LogP contribution in [0, 0.1) is 0 Å². The molecule has 1 amide bonds. The molecule has 0 radical (unpaired) electrons. The zero-order chi connectivity index (χ0) is 24.6. The third kappa shape index (κ3) is 4.69. The van der Waals surface area contributed by atoms with Crippen molar-refractivity contribution in [1.29, 1.82) is 0 Å². The van der Waals surface area contributed by atoms with Gasteiger partial charge in [-0.3, -0.25) is 4.79 Å². The standard InChI is InChI=1S/C25H32N4O3S2/c1-17(2)21-7-6-8-22-23(21)26-25(33-22)29-15-13-28(14-16-29)24(30)19-9-11-20(12-10-19)34(31,32)27(5)18(3)4/h6-12,17-18H,13-16H2,1-5H3. The number of amides is 1. The van der Waals surface area contributed by atoms with Gasteiger partial charge >= 0.3 is 0 Å². The molecule has 7 nitrogen and oxygen atoms in total. The number of sulfonamides is 1. The fourth-order valence-electron chi connectivity index (χ4n) is 4.06. The Kier molecular flexibility index (Phi) is 6.98. The predicted molar refractivity (Wildman–Crippen MR) is 138 cm³/mol. The van der Waals surface area contributed by atoms with Crippen molar-refractivity contribution in [3.63, 3.8) is 0 Å². The number of thiazole rings is 1. The SMILES string of the molecule is CC(C)c1cccc2sc(N3CCN(C(=O)c4ccc(S(=O)(=O)N(C)C(C)C)cc4)CC3)nc12. The van der Waals surface area contributed by atoms with Gasteiger partial charge in [-0.1, -0.05) is 37.3 Å². The molecule has 0 N–H and O–H groups in total. The first-order valence-corrected chi connectivity index (χ1v) is 13.9. The molecule has 1 aliphatic heterocycles. The van der Waals surface area contributed by atoms with Crippen molar-refractivity contribution in [3.05, 3.63) is 53.6 Å². The van der Waals surface area contributed by atoms with Crippen LogP contribution in [0.3, 0.4) is 0 Å². The molecular formula is C25H32N4O3S2. The van der Waals surface area contributed by atoms with E-state index in [1.54, 1.807) is 30.5 Å². The molecule has 34 heavy (non-hydrogen) atoms. The fourth-order valence-corrected chi connectivity index (χ4v) is 6.48. The van der Waals surface area contributed by atoms with E-state index in [1.807, 2.05) is 18.7 Å². The van der Waals surface area contributed by atoms with Crippen molar-refractivity contribution in [2.45, 2.75) is 44.6 Å². The quantitative estimate of drug-likeness (QED) is 0.501. The average Bonchev–Trinajstić information content (AvgIpc) is 3.27. The summed E-state index contributed by atoms with van der Waals surface area (Å²) in [5.74, 6) is 0.340. The number of hydrogen-bond donors (Lipinski definition) is 0. The van der Waals surface area contributed by atoms with Crippen molar-refractivity contribution in [3.8, 4) is 0 Å². The van der Waals surface area contributed by atoms with E-state index in [2.05, 4.69) is 36.9 Å². The molecule has 1 saturated heterocycles. The highest BCUT2D eigenvalue weighted by Crippen LogP contribution is 2.34. The number of benzene rings is 2. The number of aromatic nitrogens is 1. The van der Waals surface area contributed by atoms with Crippen LogP contribution in [0.2, 0.25) is 0 Å². The molecule has 2 heterocycles. The molecule has 9 heteroatoms. The zero-order valence-corrected chi connectivity index (χ0v) is 22.0. The maximum atomic E-state index is 13.0. The largest absolute Gasteiger partial charge is 0.345 e. The summed E-state index contributed by atoms with van der Waals surface area (Å²) in [6.07, 6.45) is 0. The lowest BCUT2D eigenvalue weighted by Crippen LogP contribution is -2.48. The first-order valence-electron chi connectivity index (χ1n) is 11.6. The lowest BCUT2D eigenvalue weighted by Gasteiger charge is -2.34. The minimum atomic E-state index is -3.57. The van der Waals surface area contributed by atoms with Gasteiger partial charge in [0.2, 0.25) is 10.0 Å². The number of carbonyl (C=O) groups excluding carboxylic acids is 1. The Morgan fingerprint density at radius 3 is 2.24 bits per heavy atom. The summed E-state index contributed by atoms with van der Waals surface area (Å²) in [4.78, 5) is 22.2. The van der Waals surface area contributed by atoms with E-state index in [1.165, 1.54) is 26.7 Å². The Balaban J connectivity index is 1.43. The predicted octanol–water partition coefficient (Wildman–Crippen LogP) is 4.41. The van der Waals surface area contributed by atoms with Crippen LogP contribution in [-0.2, 0) is 10.0 Å². The van der Waals surface area contributed by atoms with E-state index in [4.69, 9.17) is 4.98 Å².